The molecule has 4 nitrogen and oxygen atoms in total. The first-order valence-corrected chi connectivity index (χ1v) is 5.31. The van der Waals surface area contributed by atoms with E-state index in [0.29, 0.717) is 6.04 Å². The summed E-state index contributed by atoms with van der Waals surface area (Å²) in [5.74, 6) is -0.720. The van der Waals surface area contributed by atoms with Crippen LogP contribution in [0, 0.1) is 0 Å². The summed E-state index contributed by atoms with van der Waals surface area (Å²) < 4.78 is 0. The maximum Gasteiger partial charge on any atom is 0.317 e. The van der Waals surface area contributed by atoms with E-state index in [1.165, 1.54) is 6.42 Å². The molecule has 5 heteroatoms. The highest BCUT2D eigenvalue weighted by molar-refractivity contribution is 5.85. The number of carbonyl (C=O) groups is 1. The van der Waals surface area contributed by atoms with E-state index in [0.717, 1.165) is 26.2 Å². The van der Waals surface area contributed by atoms with Crippen LogP contribution in [0.25, 0.3) is 0 Å². The van der Waals surface area contributed by atoms with Gasteiger partial charge in [-0.2, -0.15) is 0 Å². The number of rotatable bonds is 4. The predicted molar refractivity (Wildman–Crippen MR) is 62.6 cm³/mol. The van der Waals surface area contributed by atoms with Crippen LogP contribution in [0.3, 0.4) is 0 Å². The van der Waals surface area contributed by atoms with E-state index >= 15 is 0 Å². The zero-order valence-corrected chi connectivity index (χ0v) is 10.3. The standard InChI is InChI=1S/C10H20N2O2.ClH/c1-3-9(2)12-6-4-11(5-7-12)8-10(13)14;/h9H,3-8H2,1-2H3,(H,13,14);1H. The van der Waals surface area contributed by atoms with Crippen molar-refractivity contribution in [2.45, 2.75) is 26.3 Å². The summed E-state index contributed by atoms with van der Waals surface area (Å²) in [7, 11) is 0. The molecule has 1 fully saturated rings. The predicted octanol–water partition coefficient (Wildman–Crippen LogP) is 0.909. The fraction of sp³-hybridized carbons (Fsp3) is 0.900. The van der Waals surface area contributed by atoms with Crippen molar-refractivity contribution in [1.82, 2.24) is 9.80 Å². The Bertz CT molecular complexity index is 194. The molecule has 0 spiro atoms. The van der Waals surface area contributed by atoms with Crippen LogP contribution < -0.4 is 0 Å². The Morgan fingerprint density at radius 1 is 1.33 bits per heavy atom. The second-order valence-electron chi connectivity index (χ2n) is 3.96. The molecule has 0 amide bonds. The molecule has 15 heavy (non-hydrogen) atoms. The number of piperazine rings is 1. The third-order valence-corrected chi connectivity index (χ3v) is 2.98. The van der Waals surface area contributed by atoms with E-state index in [4.69, 9.17) is 5.11 Å². The quantitative estimate of drug-likeness (QED) is 0.788. The number of aliphatic carboxylic acids is 1. The van der Waals surface area contributed by atoms with Gasteiger partial charge >= 0.3 is 5.97 Å². The van der Waals surface area contributed by atoms with Crippen LogP contribution in [0.4, 0.5) is 0 Å². The van der Waals surface area contributed by atoms with Gasteiger partial charge in [-0.3, -0.25) is 14.6 Å². The molecule has 1 saturated heterocycles. The maximum absolute atomic E-state index is 10.5. The first-order valence-electron chi connectivity index (χ1n) is 5.31. The molecule has 1 heterocycles. The van der Waals surface area contributed by atoms with Crippen molar-refractivity contribution >= 4 is 18.4 Å². The van der Waals surface area contributed by atoms with E-state index in [9.17, 15) is 4.79 Å². The van der Waals surface area contributed by atoms with Gasteiger partial charge in [-0.15, -0.1) is 12.4 Å². The van der Waals surface area contributed by atoms with Crippen LogP contribution >= 0.6 is 12.4 Å². The van der Waals surface area contributed by atoms with Crippen LogP contribution in [-0.4, -0.2) is 59.6 Å². The smallest absolute Gasteiger partial charge is 0.317 e. The lowest BCUT2D eigenvalue weighted by Crippen LogP contribution is -2.50. The largest absolute Gasteiger partial charge is 0.480 e. The maximum atomic E-state index is 10.5. The zero-order valence-electron chi connectivity index (χ0n) is 9.48. The minimum Gasteiger partial charge on any atom is -0.480 e. The van der Waals surface area contributed by atoms with Crippen molar-refractivity contribution in [2.75, 3.05) is 32.7 Å². The second-order valence-corrected chi connectivity index (χ2v) is 3.96. The Kier molecular flexibility index (Phi) is 6.89. The van der Waals surface area contributed by atoms with Gasteiger partial charge in [0.05, 0.1) is 6.54 Å². The number of hydrogen-bond donors (Lipinski definition) is 1. The second kappa shape index (κ2) is 7.04. The molecule has 0 aromatic rings. The van der Waals surface area contributed by atoms with E-state index in [2.05, 4.69) is 18.7 Å². The van der Waals surface area contributed by atoms with Gasteiger partial charge in [0, 0.05) is 32.2 Å². The van der Waals surface area contributed by atoms with Gasteiger partial charge < -0.3 is 5.11 Å². The van der Waals surface area contributed by atoms with E-state index < -0.39 is 5.97 Å². The van der Waals surface area contributed by atoms with E-state index in [1.54, 1.807) is 0 Å². The van der Waals surface area contributed by atoms with Crippen LogP contribution in [0.2, 0.25) is 0 Å². The van der Waals surface area contributed by atoms with E-state index in [1.807, 2.05) is 4.90 Å². The van der Waals surface area contributed by atoms with Crippen molar-refractivity contribution in [3.8, 4) is 0 Å². The lowest BCUT2D eigenvalue weighted by atomic mass is 10.2. The molecule has 0 radical (unpaired) electrons. The minimum absolute atomic E-state index is 0. The average Bonchev–Trinajstić information content (AvgIpc) is 2.17. The molecule has 0 aliphatic carbocycles. The molecule has 0 bridgehead atoms. The Morgan fingerprint density at radius 3 is 2.27 bits per heavy atom. The van der Waals surface area contributed by atoms with Crippen molar-refractivity contribution < 1.29 is 9.90 Å². The summed E-state index contributed by atoms with van der Waals surface area (Å²) in [5, 5.41) is 8.63. The SMILES string of the molecule is CCC(C)N1CCN(CC(=O)O)CC1.Cl. The van der Waals surface area contributed by atoms with Gasteiger partial charge in [0.2, 0.25) is 0 Å². The molecule has 0 aromatic heterocycles. The van der Waals surface area contributed by atoms with Crippen molar-refractivity contribution in [2.24, 2.45) is 0 Å². The van der Waals surface area contributed by atoms with E-state index in [-0.39, 0.29) is 19.0 Å². The molecular formula is C10H21ClN2O2. The summed E-state index contributed by atoms with van der Waals surface area (Å²) in [6.45, 7) is 8.38. The van der Waals surface area contributed by atoms with Crippen LogP contribution in [0.15, 0.2) is 0 Å². The monoisotopic (exact) mass is 236 g/mol. The van der Waals surface area contributed by atoms with Crippen molar-refractivity contribution in [3.63, 3.8) is 0 Å². The van der Waals surface area contributed by atoms with Gasteiger partial charge in [0.1, 0.15) is 0 Å². The first kappa shape index (κ1) is 14.7. The molecular weight excluding hydrogens is 216 g/mol. The molecule has 1 atom stereocenters. The third kappa shape index (κ3) is 4.82. The lowest BCUT2D eigenvalue weighted by molar-refractivity contribution is -0.138. The van der Waals surface area contributed by atoms with Gasteiger partial charge in [-0.05, 0) is 13.3 Å². The average molecular weight is 237 g/mol. The number of carboxylic acids is 1. The number of halogens is 1. The van der Waals surface area contributed by atoms with Crippen molar-refractivity contribution in [3.05, 3.63) is 0 Å². The molecule has 1 N–H and O–H groups in total. The van der Waals surface area contributed by atoms with Crippen LogP contribution in [0.5, 0.6) is 0 Å². The zero-order chi connectivity index (χ0) is 10.6. The molecule has 0 aromatic carbocycles. The van der Waals surface area contributed by atoms with Gasteiger partial charge in [0.15, 0.2) is 0 Å². The van der Waals surface area contributed by atoms with Gasteiger partial charge in [0.25, 0.3) is 0 Å². The Morgan fingerprint density at radius 2 is 1.87 bits per heavy atom. The van der Waals surface area contributed by atoms with Crippen molar-refractivity contribution in [1.29, 1.82) is 0 Å². The number of nitrogens with zero attached hydrogens (tertiary/aromatic N) is 2. The third-order valence-electron chi connectivity index (χ3n) is 2.98. The summed E-state index contributed by atoms with van der Waals surface area (Å²) in [4.78, 5) is 14.9. The summed E-state index contributed by atoms with van der Waals surface area (Å²) in [6.07, 6.45) is 1.17. The Labute approximate surface area is 97.6 Å². The molecule has 1 unspecified atom stereocenters. The molecule has 0 saturated carbocycles. The molecule has 1 aliphatic heterocycles. The summed E-state index contributed by atoms with van der Waals surface area (Å²) in [6, 6.07) is 0.627. The molecule has 90 valence electrons. The molecule has 1 rings (SSSR count). The number of hydrogen-bond acceptors (Lipinski definition) is 3. The fourth-order valence-corrected chi connectivity index (χ4v) is 1.81. The van der Waals surface area contributed by atoms with Gasteiger partial charge in [-0.1, -0.05) is 6.92 Å². The summed E-state index contributed by atoms with van der Waals surface area (Å²) >= 11 is 0. The van der Waals surface area contributed by atoms with Crippen LogP contribution in [-0.2, 0) is 4.79 Å². The Balaban J connectivity index is 0.00000196. The highest BCUT2D eigenvalue weighted by Gasteiger charge is 2.20. The van der Waals surface area contributed by atoms with Gasteiger partial charge in [-0.25, -0.2) is 0 Å². The lowest BCUT2D eigenvalue weighted by Gasteiger charge is -2.37. The Hall–Kier alpha value is -0.320. The number of carboxylic acid groups (broad SMARTS) is 1. The van der Waals surface area contributed by atoms with Crippen LogP contribution in [0.1, 0.15) is 20.3 Å². The molecule has 1 aliphatic rings. The first-order chi connectivity index (χ1) is 6.63. The topological polar surface area (TPSA) is 43.8 Å². The highest BCUT2D eigenvalue weighted by Crippen LogP contribution is 2.08. The highest BCUT2D eigenvalue weighted by atomic mass is 35.5. The fourth-order valence-electron chi connectivity index (χ4n) is 1.81. The summed E-state index contributed by atoms with van der Waals surface area (Å²) in [5.41, 5.74) is 0. The normalized spacial score (nSPS) is 20.7. The minimum atomic E-state index is -0.720.